The van der Waals surface area contributed by atoms with Crippen LogP contribution in [0.5, 0.6) is 0 Å². The fraction of sp³-hybridized carbons (Fsp3) is 0.944. The van der Waals surface area contributed by atoms with Crippen LogP contribution in [0.2, 0.25) is 0 Å². The third-order valence-corrected chi connectivity index (χ3v) is 5.65. The van der Waals surface area contributed by atoms with Crippen LogP contribution in [-0.2, 0) is 28.5 Å². The minimum atomic E-state index is -6.73. The second-order valence-electron chi connectivity index (χ2n) is 8.50. The van der Waals surface area contributed by atoms with Crippen LogP contribution in [0.4, 0.5) is 39.5 Å². The van der Waals surface area contributed by atoms with Crippen molar-refractivity contribution in [3.05, 3.63) is 0 Å². The van der Waals surface area contributed by atoms with Gasteiger partial charge in [-0.1, -0.05) is 0 Å². The lowest BCUT2D eigenvalue weighted by Gasteiger charge is -2.46. The molecule has 40 heavy (non-hydrogen) atoms. The van der Waals surface area contributed by atoms with E-state index in [4.69, 9.17) is 14.2 Å². The summed E-state index contributed by atoms with van der Waals surface area (Å²) in [5.74, 6) is -2.86. The van der Waals surface area contributed by atoms with Crippen molar-refractivity contribution < 1.29 is 104 Å². The fourth-order valence-electron chi connectivity index (χ4n) is 3.62. The molecule has 236 valence electrons. The monoisotopic (exact) mass is 618 g/mol. The van der Waals surface area contributed by atoms with Crippen LogP contribution in [0.3, 0.4) is 0 Å². The van der Waals surface area contributed by atoms with Gasteiger partial charge in [0, 0.05) is 6.42 Å². The van der Waals surface area contributed by atoms with Gasteiger partial charge in [0.05, 0.1) is 19.3 Å². The zero-order valence-electron chi connectivity index (χ0n) is 19.4. The van der Waals surface area contributed by atoms with E-state index in [0.29, 0.717) is 0 Å². The van der Waals surface area contributed by atoms with Crippen LogP contribution < -0.4 is 0 Å². The van der Waals surface area contributed by atoms with Crippen molar-refractivity contribution in [2.24, 2.45) is 0 Å². The Bertz CT molecular complexity index is 860. The van der Waals surface area contributed by atoms with E-state index in [1.807, 2.05) is 0 Å². The molecular formula is C18H23F9O13. The van der Waals surface area contributed by atoms with Crippen molar-refractivity contribution in [1.82, 2.24) is 0 Å². The summed E-state index contributed by atoms with van der Waals surface area (Å²) >= 11 is 0. The molecule has 0 bridgehead atoms. The first kappa shape index (κ1) is 34.8. The highest BCUT2D eigenvalue weighted by atomic mass is 19.4. The number of hydrogen-bond acceptors (Lipinski definition) is 13. The maximum absolute atomic E-state index is 13.9. The summed E-state index contributed by atoms with van der Waals surface area (Å²) in [7, 11) is 0. The first-order chi connectivity index (χ1) is 18.1. The van der Waals surface area contributed by atoms with E-state index < -0.39 is 111 Å². The third kappa shape index (κ3) is 7.69. The number of aliphatic hydroxyl groups excluding tert-OH is 7. The van der Waals surface area contributed by atoms with E-state index in [0.717, 1.165) is 0 Å². The van der Waals surface area contributed by atoms with Crippen LogP contribution in [0.25, 0.3) is 0 Å². The summed E-state index contributed by atoms with van der Waals surface area (Å²) in [4.78, 5) is 11.8. The van der Waals surface area contributed by atoms with E-state index in [1.54, 1.807) is 4.74 Å². The number of Topliss-reactive ketones (excluding diaryl/α,β-unsaturated/α-hetero) is 1. The number of ketones is 1. The second kappa shape index (κ2) is 12.4. The molecule has 2 aliphatic rings. The molecule has 2 fully saturated rings. The highest BCUT2D eigenvalue weighted by Gasteiger charge is 2.69. The van der Waals surface area contributed by atoms with Crippen molar-refractivity contribution in [1.29, 1.82) is 0 Å². The minimum Gasteiger partial charge on any atom is -0.394 e. The molecule has 0 saturated carbocycles. The summed E-state index contributed by atoms with van der Waals surface area (Å²) in [5, 5.41) is 68.8. The number of ether oxygens (including phenoxy) is 5. The van der Waals surface area contributed by atoms with Gasteiger partial charge in [-0.3, -0.25) is 4.79 Å². The van der Waals surface area contributed by atoms with E-state index in [-0.39, 0.29) is 0 Å². The lowest BCUT2D eigenvalue weighted by molar-refractivity contribution is -0.523. The Morgan fingerprint density at radius 2 is 1.15 bits per heavy atom. The highest BCUT2D eigenvalue weighted by Crippen LogP contribution is 2.44. The van der Waals surface area contributed by atoms with Crippen molar-refractivity contribution >= 4 is 5.78 Å². The topological polar surface area (TPSA) is 205 Å². The molecule has 2 aliphatic heterocycles. The summed E-state index contributed by atoms with van der Waals surface area (Å²) in [6.45, 7) is -2.13. The molecule has 0 aromatic carbocycles. The molecule has 0 radical (unpaired) electrons. The van der Waals surface area contributed by atoms with Gasteiger partial charge in [0.2, 0.25) is 5.78 Å². The molecule has 10 atom stereocenters. The SMILES string of the molecule is O=C(C[C@@H]1O[C@H](CO)[C@@H](O[C@@H]2O[C@H](CO)[C@@H](O)[C@H](O)[C@H]2O)[C@H](O)[C@H]1O)C(F)(F)OC(F)(F)C(F)(F)OC(F)(F)F. The number of hydrogen-bond donors (Lipinski definition) is 7. The first-order valence-corrected chi connectivity index (χ1v) is 10.8. The van der Waals surface area contributed by atoms with Gasteiger partial charge in [-0.05, 0) is 0 Å². The minimum absolute atomic E-state index is 0.922. The van der Waals surface area contributed by atoms with Crippen molar-refractivity contribution in [3.63, 3.8) is 0 Å². The maximum atomic E-state index is 13.9. The summed E-state index contributed by atoms with van der Waals surface area (Å²) in [6.07, 6.45) is -48.2. The standard InChI is InChI=1S/C18H23F9O13/c19-15(20,39-16(21,22)17(23,24)40-18(25,26)27)7(30)1-4-8(31)11(34)13(6(3-29)36-4)38-14-12(35)10(33)9(32)5(2-28)37-14/h4-6,8-14,28-29,31-35H,1-3H2/t4-,5+,6+,8-,9+,10-,11+,12+,13+,14-/m0/s1. The number of carbonyl (C=O) groups is 1. The van der Waals surface area contributed by atoms with E-state index >= 15 is 0 Å². The molecule has 0 aliphatic carbocycles. The Morgan fingerprint density at radius 3 is 1.65 bits per heavy atom. The normalized spacial score (nSPS) is 36.5. The van der Waals surface area contributed by atoms with Crippen molar-refractivity contribution in [2.45, 2.75) is 92.3 Å². The second-order valence-corrected chi connectivity index (χ2v) is 8.50. The molecule has 2 rings (SSSR count). The highest BCUT2D eigenvalue weighted by molar-refractivity contribution is 5.84. The Hall–Kier alpha value is -1.44. The van der Waals surface area contributed by atoms with Gasteiger partial charge in [-0.15, -0.1) is 13.2 Å². The largest absolute Gasteiger partial charge is 0.527 e. The van der Waals surface area contributed by atoms with Crippen LogP contribution in [-0.4, -0.2) is 141 Å². The molecule has 2 saturated heterocycles. The predicted molar refractivity (Wildman–Crippen MR) is 99.1 cm³/mol. The lowest BCUT2D eigenvalue weighted by atomic mass is 9.92. The summed E-state index contributed by atoms with van der Waals surface area (Å²) in [6, 6.07) is 0. The van der Waals surface area contributed by atoms with Crippen molar-refractivity contribution in [2.75, 3.05) is 13.2 Å². The Balaban J connectivity index is 2.14. The molecule has 13 nitrogen and oxygen atoms in total. The third-order valence-electron chi connectivity index (χ3n) is 5.65. The Labute approximate surface area is 216 Å². The van der Waals surface area contributed by atoms with E-state index in [1.165, 1.54) is 0 Å². The molecule has 22 heteroatoms. The quantitative estimate of drug-likeness (QED) is 0.125. The van der Waals surface area contributed by atoms with E-state index in [9.17, 15) is 80.1 Å². The smallest absolute Gasteiger partial charge is 0.394 e. The van der Waals surface area contributed by atoms with Crippen LogP contribution >= 0.6 is 0 Å². The predicted octanol–water partition coefficient (Wildman–Crippen LogP) is -2.06. The van der Waals surface area contributed by atoms with Gasteiger partial charge in [0.1, 0.15) is 48.8 Å². The van der Waals surface area contributed by atoms with Gasteiger partial charge in [-0.25, -0.2) is 9.47 Å². The van der Waals surface area contributed by atoms with E-state index in [2.05, 4.69) is 4.74 Å². The Morgan fingerprint density at radius 1 is 0.650 bits per heavy atom. The van der Waals surface area contributed by atoms with Gasteiger partial charge in [0.25, 0.3) is 0 Å². The number of alkyl halides is 9. The number of aliphatic hydroxyl groups is 7. The molecule has 0 aromatic rings. The van der Waals surface area contributed by atoms with Crippen LogP contribution in [0, 0.1) is 0 Å². The van der Waals surface area contributed by atoms with Gasteiger partial charge >= 0.3 is 24.7 Å². The number of halogens is 9. The number of carbonyl (C=O) groups excluding carboxylic acids is 1. The average Bonchev–Trinajstić information content (AvgIpc) is 2.81. The average molecular weight is 618 g/mol. The Kier molecular flexibility index (Phi) is 10.8. The first-order valence-electron chi connectivity index (χ1n) is 10.8. The van der Waals surface area contributed by atoms with Gasteiger partial charge in [-0.2, -0.15) is 26.3 Å². The summed E-state index contributed by atoms with van der Waals surface area (Å²) < 4.78 is 136. The molecule has 0 amide bonds. The molecule has 0 aromatic heterocycles. The molecule has 0 unspecified atom stereocenters. The zero-order valence-corrected chi connectivity index (χ0v) is 19.4. The van der Waals surface area contributed by atoms with Gasteiger partial charge < -0.3 is 50.0 Å². The maximum Gasteiger partial charge on any atom is 0.527 e. The molecule has 0 spiro atoms. The number of rotatable bonds is 11. The molecular weight excluding hydrogens is 595 g/mol. The molecule has 7 N–H and O–H groups in total. The fourth-order valence-corrected chi connectivity index (χ4v) is 3.62. The van der Waals surface area contributed by atoms with Crippen LogP contribution in [0.1, 0.15) is 6.42 Å². The molecule has 2 heterocycles. The summed E-state index contributed by atoms with van der Waals surface area (Å²) in [5.41, 5.74) is 0. The zero-order chi connectivity index (χ0) is 31.0. The lowest BCUT2D eigenvalue weighted by Crippen LogP contribution is -2.64. The van der Waals surface area contributed by atoms with Crippen LogP contribution in [0.15, 0.2) is 0 Å². The van der Waals surface area contributed by atoms with Gasteiger partial charge in [0.15, 0.2) is 6.29 Å². The van der Waals surface area contributed by atoms with Crippen molar-refractivity contribution in [3.8, 4) is 0 Å².